The van der Waals surface area contributed by atoms with E-state index < -0.39 is 5.63 Å². The third-order valence-corrected chi connectivity index (χ3v) is 5.97. The predicted octanol–water partition coefficient (Wildman–Crippen LogP) is 4.31. The van der Waals surface area contributed by atoms with Gasteiger partial charge < -0.3 is 9.73 Å². The van der Waals surface area contributed by atoms with E-state index in [4.69, 9.17) is 4.42 Å². The molecule has 164 valence electrons. The van der Waals surface area contributed by atoms with Gasteiger partial charge in [-0.2, -0.15) is 5.10 Å². The molecule has 1 N–H and O–H groups in total. The molecule has 0 saturated heterocycles. The number of anilines is 1. The normalized spacial score (nSPS) is 11.2. The summed E-state index contributed by atoms with van der Waals surface area (Å²) in [6.45, 7) is 1.41. The maximum absolute atomic E-state index is 13.3. The number of aromatic nitrogens is 4. The lowest BCUT2D eigenvalue weighted by Crippen LogP contribution is -2.06. The Bertz CT molecular complexity index is 1560. The number of benzene rings is 2. The van der Waals surface area contributed by atoms with Gasteiger partial charge in [-0.3, -0.25) is 4.79 Å². The molecule has 8 nitrogen and oxygen atoms in total. The van der Waals surface area contributed by atoms with Crippen molar-refractivity contribution in [1.82, 2.24) is 19.7 Å². The summed E-state index contributed by atoms with van der Waals surface area (Å²) in [5, 5.41) is 9.28. The third-order valence-electron chi connectivity index (χ3n) is 4.92. The minimum Gasteiger partial charge on any atom is -0.423 e. The highest BCUT2D eigenvalue weighted by molar-refractivity contribution is 7.98. The molecule has 1 amide bonds. The van der Waals surface area contributed by atoms with Gasteiger partial charge in [-0.05, 0) is 42.0 Å². The average molecular weight is 461 g/mol. The molecule has 0 aliphatic rings. The summed E-state index contributed by atoms with van der Waals surface area (Å²) in [7, 11) is 0. The molecule has 0 saturated carbocycles. The van der Waals surface area contributed by atoms with E-state index in [1.165, 1.54) is 43.2 Å². The second-order valence-electron chi connectivity index (χ2n) is 7.22. The lowest BCUT2D eigenvalue weighted by atomic mass is 10.1. The first kappa shape index (κ1) is 20.8. The van der Waals surface area contributed by atoms with Crippen molar-refractivity contribution in [3.63, 3.8) is 0 Å². The summed E-state index contributed by atoms with van der Waals surface area (Å²) in [6, 6.07) is 12.6. The molecule has 0 aliphatic heterocycles. The van der Waals surface area contributed by atoms with E-state index in [1.807, 2.05) is 6.07 Å². The molecule has 0 spiro atoms. The van der Waals surface area contributed by atoms with E-state index in [2.05, 4.69) is 20.4 Å². The standard InChI is InChI=1S/C23H16FN5O3S/c1-13(30)28-16-4-7-18-14(8-21(31)32-20(18)9-16)11-33-23-19-10-27-29(22(19)25-12-26-23)17-5-2-15(24)3-6-17/h2-10,12H,11H2,1H3,(H,28,30). The molecule has 5 rings (SSSR count). The van der Waals surface area contributed by atoms with Crippen LogP contribution in [-0.4, -0.2) is 25.7 Å². The number of thioether (sulfide) groups is 1. The Kier molecular flexibility index (Phi) is 5.35. The van der Waals surface area contributed by atoms with Crippen LogP contribution >= 0.6 is 11.8 Å². The Morgan fingerprint density at radius 1 is 1.12 bits per heavy atom. The van der Waals surface area contributed by atoms with Crippen LogP contribution in [0.2, 0.25) is 0 Å². The number of nitrogens with one attached hydrogen (secondary N) is 1. The predicted molar refractivity (Wildman–Crippen MR) is 123 cm³/mol. The lowest BCUT2D eigenvalue weighted by Gasteiger charge is -2.08. The molecular formula is C23H16FN5O3S. The van der Waals surface area contributed by atoms with Crippen molar-refractivity contribution in [3.05, 3.63) is 82.9 Å². The molecule has 0 bridgehead atoms. The number of rotatable bonds is 5. The maximum atomic E-state index is 13.3. The van der Waals surface area contributed by atoms with Gasteiger partial charge >= 0.3 is 5.63 Å². The van der Waals surface area contributed by atoms with Crippen molar-refractivity contribution in [2.75, 3.05) is 5.32 Å². The van der Waals surface area contributed by atoms with Crippen molar-refractivity contribution >= 4 is 45.4 Å². The smallest absolute Gasteiger partial charge is 0.336 e. The zero-order valence-corrected chi connectivity index (χ0v) is 18.1. The monoisotopic (exact) mass is 461 g/mol. The van der Waals surface area contributed by atoms with Crippen molar-refractivity contribution in [3.8, 4) is 5.69 Å². The zero-order valence-electron chi connectivity index (χ0n) is 17.3. The highest BCUT2D eigenvalue weighted by Crippen LogP contribution is 2.31. The van der Waals surface area contributed by atoms with Gasteiger partial charge in [0.15, 0.2) is 5.65 Å². The van der Waals surface area contributed by atoms with Crippen LogP contribution in [0.15, 0.2) is 75.3 Å². The van der Waals surface area contributed by atoms with Crippen LogP contribution < -0.4 is 10.9 Å². The Morgan fingerprint density at radius 3 is 2.73 bits per heavy atom. The number of amides is 1. The Labute approximate surface area is 190 Å². The zero-order chi connectivity index (χ0) is 22.9. The first-order chi connectivity index (χ1) is 16.0. The summed E-state index contributed by atoms with van der Waals surface area (Å²) in [6.07, 6.45) is 3.11. The summed E-state index contributed by atoms with van der Waals surface area (Å²) in [5.41, 5.74) is 2.52. The van der Waals surface area contributed by atoms with Crippen molar-refractivity contribution in [2.24, 2.45) is 0 Å². The van der Waals surface area contributed by atoms with Crippen LogP contribution in [0.5, 0.6) is 0 Å². The van der Waals surface area contributed by atoms with Crippen LogP contribution in [0.3, 0.4) is 0 Å². The Morgan fingerprint density at radius 2 is 1.94 bits per heavy atom. The average Bonchev–Trinajstić information content (AvgIpc) is 3.22. The number of hydrogen-bond donors (Lipinski definition) is 1. The molecule has 2 aromatic carbocycles. The van der Waals surface area contributed by atoms with Gasteiger partial charge in [0.1, 0.15) is 22.8 Å². The van der Waals surface area contributed by atoms with Gasteiger partial charge in [-0.15, -0.1) is 11.8 Å². The van der Waals surface area contributed by atoms with Crippen LogP contribution in [0.25, 0.3) is 27.7 Å². The van der Waals surface area contributed by atoms with Gasteiger partial charge in [-0.1, -0.05) is 0 Å². The quantitative estimate of drug-likeness (QED) is 0.236. The van der Waals surface area contributed by atoms with Crippen molar-refractivity contribution < 1.29 is 13.6 Å². The number of halogens is 1. The fourth-order valence-electron chi connectivity index (χ4n) is 3.49. The molecule has 0 aliphatic carbocycles. The van der Waals surface area contributed by atoms with Crippen molar-refractivity contribution in [2.45, 2.75) is 17.7 Å². The van der Waals surface area contributed by atoms with Crippen LogP contribution in [-0.2, 0) is 10.5 Å². The lowest BCUT2D eigenvalue weighted by molar-refractivity contribution is -0.114. The van der Waals surface area contributed by atoms with E-state index in [9.17, 15) is 14.0 Å². The molecule has 0 fully saturated rings. The molecule has 0 atom stereocenters. The van der Waals surface area contributed by atoms with Gasteiger partial charge in [0.2, 0.25) is 5.91 Å². The summed E-state index contributed by atoms with van der Waals surface area (Å²) < 4.78 is 20.2. The summed E-state index contributed by atoms with van der Waals surface area (Å²) >= 11 is 1.44. The van der Waals surface area contributed by atoms with E-state index in [0.29, 0.717) is 33.4 Å². The highest BCUT2D eigenvalue weighted by Gasteiger charge is 2.14. The molecule has 0 radical (unpaired) electrons. The summed E-state index contributed by atoms with van der Waals surface area (Å²) in [5.74, 6) is -0.0858. The fraction of sp³-hybridized carbons (Fsp3) is 0.0870. The van der Waals surface area contributed by atoms with Gasteiger partial charge in [0.05, 0.1) is 17.3 Å². The second kappa shape index (κ2) is 8.47. The summed E-state index contributed by atoms with van der Waals surface area (Å²) in [4.78, 5) is 32.1. The molecule has 33 heavy (non-hydrogen) atoms. The third kappa shape index (κ3) is 4.20. The topological polar surface area (TPSA) is 103 Å². The SMILES string of the molecule is CC(=O)Nc1ccc2c(CSc3ncnc4c3cnn4-c3ccc(F)cc3)cc(=O)oc2c1. The fourth-order valence-corrected chi connectivity index (χ4v) is 4.44. The Balaban J connectivity index is 1.47. The molecular weight excluding hydrogens is 445 g/mol. The molecule has 3 aromatic heterocycles. The maximum Gasteiger partial charge on any atom is 0.336 e. The molecule has 0 unspecified atom stereocenters. The van der Waals surface area contributed by atoms with Gasteiger partial charge in [0, 0.05) is 35.9 Å². The van der Waals surface area contributed by atoms with E-state index in [0.717, 1.165) is 16.3 Å². The van der Waals surface area contributed by atoms with Crippen LogP contribution in [0, 0.1) is 5.82 Å². The number of nitrogens with zero attached hydrogens (tertiary/aromatic N) is 4. The largest absolute Gasteiger partial charge is 0.423 e. The number of carbonyl (C=O) groups excluding carboxylic acids is 1. The van der Waals surface area contributed by atoms with Crippen LogP contribution in [0.4, 0.5) is 10.1 Å². The van der Waals surface area contributed by atoms with Crippen molar-refractivity contribution in [1.29, 1.82) is 0 Å². The van der Waals surface area contributed by atoms with E-state index in [1.54, 1.807) is 35.1 Å². The van der Waals surface area contributed by atoms with E-state index in [-0.39, 0.29) is 11.7 Å². The molecule has 5 aromatic rings. The second-order valence-corrected chi connectivity index (χ2v) is 8.18. The Hall–Kier alpha value is -4.05. The minimum atomic E-state index is -0.477. The first-order valence-corrected chi connectivity index (χ1v) is 10.9. The molecule has 3 heterocycles. The van der Waals surface area contributed by atoms with E-state index >= 15 is 0 Å². The highest BCUT2D eigenvalue weighted by atomic mass is 32.2. The van der Waals surface area contributed by atoms with Gasteiger partial charge in [-0.25, -0.2) is 23.8 Å². The number of hydrogen-bond acceptors (Lipinski definition) is 7. The van der Waals surface area contributed by atoms with Crippen LogP contribution in [0.1, 0.15) is 12.5 Å². The minimum absolute atomic E-state index is 0.211. The molecule has 10 heteroatoms. The first-order valence-electron chi connectivity index (χ1n) is 9.90. The van der Waals surface area contributed by atoms with Gasteiger partial charge in [0.25, 0.3) is 0 Å². The number of fused-ring (bicyclic) bond motifs is 2. The number of carbonyl (C=O) groups is 1.